The molecule has 2 aliphatic rings. The van der Waals surface area contributed by atoms with Crippen LogP contribution in [0.1, 0.15) is 40.0 Å². The van der Waals surface area contributed by atoms with Crippen LogP contribution in [-0.4, -0.2) is 64.7 Å². The van der Waals surface area contributed by atoms with Crippen LogP contribution in [0.25, 0.3) is 11.1 Å². The van der Waals surface area contributed by atoms with Crippen molar-refractivity contribution >= 4 is 24.0 Å². The Kier molecular flexibility index (Phi) is 7.09. The summed E-state index contributed by atoms with van der Waals surface area (Å²) in [7, 11) is 0. The highest BCUT2D eigenvalue weighted by Gasteiger charge is 2.45. The van der Waals surface area contributed by atoms with Gasteiger partial charge in [-0.25, -0.2) is 9.18 Å². The van der Waals surface area contributed by atoms with E-state index in [4.69, 9.17) is 0 Å². The smallest absolute Gasteiger partial charge is 0.321 e. The average Bonchev–Trinajstić information content (AvgIpc) is 3.53. The van der Waals surface area contributed by atoms with E-state index >= 15 is 0 Å². The van der Waals surface area contributed by atoms with E-state index < -0.39 is 11.6 Å². The molecule has 1 aliphatic heterocycles. The minimum Gasteiger partial charge on any atom is -0.365 e. The second kappa shape index (κ2) is 10.1. The van der Waals surface area contributed by atoms with Crippen molar-refractivity contribution in [2.45, 2.75) is 51.6 Å². The number of urea groups is 1. The van der Waals surface area contributed by atoms with Gasteiger partial charge in [0.15, 0.2) is 0 Å². The first kappa shape index (κ1) is 24.7. The molecule has 1 aliphatic carbocycles. The number of halogens is 1. The molecule has 1 aromatic carbocycles. The Labute approximate surface area is 204 Å². The molecule has 4 amide bonds. The molecule has 188 valence electrons. The molecule has 0 spiro atoms. The van der Waals surface area contributed by atoms with Gasteiger partial charge < -0.3 is 15.1 Å². The monoisotopic (exact) mass is 484 g/mol. The summed E-state index contributed by atoms with van der Waals surface area (Å²) in [6.45, 7) is 7.52. The maximum absolute atomic E-state index is 14.4. The Morgan fingerprint density at radius 2 is 2.06 bits per heavy atom. The van der Waals surface area contributed by atoms with Crippen LogP contribution in [0.5, 0.6) is 0 Å². The summed E-state index contributed by atoms with van der Waals surface area (Å²) in [5, 5.41) is 11.7. The number of benzene rings is 1. The molecule has 35 heavy (non-hydrogen) atoms. The number of carbonyl (C=O) groups excluding carboxylic acids is 3. The van der Waals surface area contributed by atoms with Gasteiger partial charge in [0, 0.05) is 54.6 Å². The number of rotatable bonds is 8. The molecular weight excluding hydrogens is 451 g/mol. The van der Waals surface area contributed by atoms with Crippen LogP contribution in [0.15, 0.2) is 30.6 Å². The Morgan fingerprint density at radius 1 is 1.29 bits per heavy atom. The summed E-state index contributed by atoms with van der Waals surface area (Å²) < 4.78 is 14.4. The predicted molar refractivity (Wildman–Crippen MR) is 130 cm³/mol. The number of anilines is 1. The molecule has 4 rings (SSSR count). The Morgan fingerprint density at radius 3 is 2.69 bits per heavy atom. The number of imide groups is 1. The van der Waals surface area contributed by atoms with Gasteiger partial charge in [0.1, 0.15) is 5.82 Å². The molecule has 3 atom stereocenters. The normalized spacial score (nSPS) is 20.6. The van der Waals surface area contributed by atoms with Crippen molar-refractivity contribution in [3.63, 3.8) is 0 Å². The summed E-state index contributed by atoms with van der Waals surface area (Å²) in [4.78, 5) is 39.9. The Bertz CT molecular complexity index is 1070. The fourth-order valence-corrected chi connectivity index (χ4v) is 5.28. The van der Waals surface area contributed by atoms with Gasteiger partial charge >= 0.3 is 6.03 Å². The van der Waals surface area contributed by atoms with Gasteiger partial charge in [0.2, 0.25) is 12.3 Å². The predicted octanol–water partition coefficient (Wildman–Crippen LogP) is 2.90. The standard InChI is InChI=1S/C25H33FN6O3/c1-16(11-25(3,20-4-5-20)30-24(35)27-15-33)23(34)31-6-7-32(17(2)14-31)22-9-18(8-21(26)10-22)19-12-28-29-13-19/h8-10,12-13,15-17,20H,4-7,11,14H2,1-3H3,(H,28,29)(H2,27,30,33,35)/t16-,17+,25-/m1/s1. The van der Waals surface area contributed by atoms with Crippen molar-refractivity contribution in [2.24, 2.45) is 11.8 Å². The van der Waals surface area contributed by atoms with Crippen molar-refractivity contribution in [1.82, 2.24) is 25.7 Å². The minimum absolute atomic E-state index is 0.00482. The number of piperazine rings is 1. The SMILES string of the molecule is C[C@H](C[C@@](C)(NC(=O)NC=O)C1CC1)C(=O)N1CCN(c2cc(F)cc(-c3cn[nH]c3)c2)[C@@H](C)C1. The number of nitrogens with one attached hydrogen (secondary N) is 3. The number of nitrogens with zero attached hydrogens (tertiary/aromatic N) is 3. The second-order valence-electron chi connectivity index (χ2n) is 10.0. The zero-order valence-electron chi connectivity index (χ0n) is 20.4. The Hall–Kier alpha value is -3.43. The van der Waals surface area contributed by atoms with Gasteiger partial charge in [0.25, 0.3) is 0 Å². The van der Waals surface area contributed by atoms with Gasteiger partial charge in [-0.05, 0) is 62.8 Å². The van der Waals surface area contributed by atoms with Gasteiger partial charge in [-0.15, -0.1) is 0 Å². The summed E-state index contributed by atoms with van der Waals surface area (Å²) in [5.74, 6) is -0.274. The fourth-order valence-electron chi connectivity index (χ4n) is 5.28. The average molecular weight is 485 g/mol. The first-order valence-electron chi connectivity index (χ1n) is 12.1. The summed E-state index contributed by atoms with van der Waals surface area (Å²) in [6, 6.07) is 4.42. The van der Waals surface area contributed by atoms with E-state index in [9.17, 15) is 18.8 Å². The van der Waals surface area contributed by atoms with E-state index in [1.54, 1.807) is 12.4 Å². The van der Waals surface area contributed by atoms with Gasteiger partial charge in [-0.2, -0.15) is 5.10 Å². The third-order valence-electron chi connectivity index (χ3n) is 7.20. The number of carbonyl (C=O) groups is 3. The Balaban J connectivity index is 1.40. The molecule has 1 aromatic heterocycles. The van der Waals surface area contributed by atoms with Gasteiger partial charge in [-0.3, -0.25) is 20.0 Å². The van der Waals surface area contributed by atoms with Crippen LogP contribution >= 0.6 is 0 Å². The van der Waals surface area contributed by atoms with E-state index in [-0.39, 0.29) is 23.7 Å². The lowest BCUT2D eigenvalue weighted by Gasteiger charge is -2.43. The maximum atomic E-state index is 14.4. The topological polar surface area (TPSA) is 110 Å². The molecule has 2 fully saturated rings. The molecule has 2 aromatic rings. The molecule has 9 nitrogen and oxygen atoms in total. The van der Waals surface area contributed by atoms with Crippen LogP contribution in [-0.2, 0) is 9.59 Å². The molecule has 1 saturated heterocycles. The lowest BCUT2D eigenvalue weighted by molar-refractivity contribution is -0.136. The number of hydrogen-bond donors (Lipinski definition) is 3. The highest BCUT2D eigenvalue weighted by Crippen LogP contribution is 2.43. The molecule has 1 saturated carbocycles. The quantitative estimate of drug-likeness (QED) is 0.499. The number of aromatic amines is 1. The molecule has 0 bridgehead atoms. The van der Waals surface area contributed by atoms with Crippen LogP contribution in [0.2, 0.25) is 0 Å². The van der Waals surface area contributed by atoms with Crippen molar-refractivity contribution in [2.75, 3.05) is 24.5 Å². The molecular formula is C25H33FN6O3. The van der Waals surface area contributed by atoms with Crippen LogP contribution in [0, 0.1) is 17.7 Å². The van der Waals surface area contributed by atoms with Crippen molar-refractivity contribution in [3.8, 4) is 11.1 Å². The summed E-state index contributed by atoms with van der Waals surface area (Å²) in [5.41, 5.74) is 1.79. The molecule has 3 N–H and O–H groups in total. The van der Waals surface area contributed by atoms with Crippen molar-refractivity contribution in [1.29, 1.82) is 0 Å². The summed E-state index contributed by atoms with van der Waals surface area (Å²) in [6.07, 6.45) is 6.22. The van der Waals surface area contributed by atoms with Crippen LogP contribution in [0.3, 0.4) is 0 Å². The van der Waals surface area contributed by atoms with Gasteiger partial charge in [-0.1, -0.05) is 6.92 Å². The lowest BCUT2D eigenvalue weighted by atomic mass is 9.84. The van der Waals surface area contributed by atoms with E-state index in [0.29, 0.717) is 38.4 Å². The molecule has 0 radical (unpaired) electrons. The largest absolute Gasteiger partial charge is 0.365 e. The highest BCUT2D eigenvalue weighted by atomic mass is 19.1. The highest BCUT2D eigenvalue weighted by molar-refractivity contribution is 5.85. The van der Waals surface area contributed by atoms with E-state index in [1.165, 1.54) is 12.1 Å². The van der Waals surface area contributed by atoms with Crippen molar-refractivity contribution < 1.29 is 18.8 Å². The number of amides is 4. The van der Waals surface area contributed by atoms with Gasteiger partial charge in [0.05, 0.1) is 6.20 Å². The zero-order chi connectivity index (χ0) is 25.2. The van der Waals surface area contributed by atoms with Crippen molar-refractivity contribution in [3.05, 3.63) is 36.4 Å². The van der Waals surface area contributed by atoms with E-state index in [1.807, 2.05) is 31.7 Å². The maximum Gasteiger partial charge on any atom is 0.321 e. The summed E-state index contributed by atoms with van der Waals surface area (Å²) >= 11 is 0. The molecule has 10 heteroatoms. The van der Waals surface area contributed by atoms with E-state index in [0.717, 1.165) is 29.7 Å². The van der Waals surface area contributed by atoms with E-state index in [2.05, 4.69) is 25.7 Å². The molecule has 2 heterocycles. The van der Waals surface area contributed by atoms with Crippen LogP contribution < -0.4 is 15.5 Å². The number of aromatic nitrogens is 2. The minimum atomic E-state index is -0.555. The first-order valence-corrected chi connectivity index (χ1v) is 12.1. The second-order valence-corrected chi connectivity index (χ2v) is 10.0. The third-order valence-corrected chi connectivity index (χ3v) is 7.20. The lowest BCUT2D eigenvalue weighted by Crippen LogP contribution is -2.56. The number of hydrogen-bond acceptors (Lipinski definition) is 5. The molecule has 0 unspecified atom stereocenters. The third kappa shape index (κ3) is 5.63. The zero-order valence-corrected chi connectivity index (χ0v) is 20.4. The number of H-pyrrole nitrogens is 1. The van der Waals surface area contributed by atoms with Crippen LogP contribution in [0.4, 0.5) is 14.9 Å². The first-order chi connectivity index (χ1) is 16.7. The fraction of sp³-hybridized carbons (Fsp3) is 0.520.